The van der Waals surface area contributed by atoms with E-state index in [2.05, 4.69) is 15.3 Å². The topological polar surface area (TPSA) is 143 Å². The number of nitrogens with one attached hydrogen (secondary N) is 1. The average molecular weight is 496 g/mol. The number of benzene rings is 2. The van der Waals surface area contributed by atoms with Gasteiger partial charge in [0.2, 0.25) is 0 Å². The number of rotatable bonds is 8. The molecule has 0 radical (unpaired) electrons. The monoisotopic (exact) mass is 496 g/mol. The first-order valence-electron chi connectivity index (χ1n) is 10.9. The number of aromatic nitrogens is 2. The molecule has 1 aliphatic rings. The molecule has 4 rings (SSSR count). The molecule has 12 heteroatoms. The van der Waals surface area contributed by atoms with Gasteiger partial charge in [-0.05, 0) is 42.7 Å². The fraction of sp³-hybridized carbons (Fsp3) is 0.250. The molecule has 1 N–H and O–H groups in total. The molecule has 0 atom stereocenters. The van der Waals surface area contributed by atoms with Crippen molar-refractivity contribution in [3.63, 3.8) is 0 Å². The summed E-state index contributed by atoms with van der Waals surface area (Å²) in [6, 6.07) is 9.07. The molecular weight excluding hydrogens is 475 g/mol. The van der Waals surface area contributed by atoms with Crippen molar-refractivity contribution in [2.45, 2.75) is 19.3 Å². The van der Waals surface area contributed by atoms with Crippen LogP contribution in [0.25, 0.3) is 11.1 Å². The van der Waals surface area contributed by atoms with Crippen molar-refractivity contribution in [3.8, 4) is 22.9 Å². The molecule has 0 spiro atoms. The van der Waals surface area contributed by atoms with Gasteiger partial charge in [0.15, 0.2) is 0 Å². The van der Waals surface area contributed by atoms with E-state index in [1.54, 1.807) is 6.07 Å². The van der Waals surface area contributed by atoms with E-state index in [1.807, 2.05) is 0 Å². The summed E-state index contributed by atoms with van der Waals surface area (Å²) in [7, 11) is 1.34. The zero-order chi connectivity index (χ0) is 25.7. The number of nitro groups is 1. The lowest BCUT2D eigenvalue weighted by Gasteiger charge is -2.37. The number of hydrogen-bond donors (Lipinski definition) is 1. The Hall–Kier alpha value is -4.61. The average Bonchev–Trinajstić information content (AvgIpc) is 2.85. The molecule has 0 unspecified atom stereocenters. The van der Waals surface area contributed by atoms with Gasteiger partial charge in [-0.25, -0.2) is 19.2 Å². The summed E-state index contributed by atoms with van der Waals surface area (Å²) in [6.07, 6.45) is 4.23. The lowest BCUT2D eigenvalue weighted by molar-refractivity contribution is -0.384. The number of amides is 1. The van der Waals surface area contributed by atoms with E-state index in [9.17, 15) is 24.1 Å². The summed E-state index contributed by atoms with van der Waals surface area (Å²) >= 11 is 0. The second kappa shape index (κ2) is 10.3. The summed E-state index contributed by atoms with van der Waals surface area (Å²) in [6.45, 7) is 0.115. The van der Waals surface area contributed by atoms with Crippen LogP contribution in [0.1, 0.15) is 19.3 Å². The Morgan fingerprint density at radius 1 is 1.11 bits per heavy atom. The van der Waals surface area contributed by atoms with E-state index in [1.165, 1.54) is 55.9 Å². The quantitative estimate of drug-likeness (QED) is 0.270. The van der Waals surface area contributed by atoms with Crippen LogP contribution in [0.5, 0.6) is 11.8 Å². The number of carbonyl (C=O) groups excluding carboxylic acids is 2. The highest BCUT2D eigenvalue weighted by Crippen LogP contribution is 2.42. The first-order valence-corrected chi connectivity index (χ1v) is 10.9. The molecule has 186 valence electrons. The number of anilines is 1. The minimum absolute atomic E-state index is 0.0596. The largest absolute Gasteiger partial charge is 0.468 e. The molecule has 1 heterocycles. The van der Waals surface area contributed by atoms with Gasteiger partial charge in [-0.2, -0.15) is 0 Å². The van der Waals surface area contributed by atoms with Crippen molar-refractivity contribution in [3.05, 3.63) is 70.8 Å². The summed E-state index contributed by atoms with van der Waals surface area (Å²) in [5.41, 5.74) is 0.0186. The predicted octanol–water partition coefficient (Wildman–Crippen LogP) is 4.52. The van der Waals surface area contributed by atoms with Crippen molar-refractivity contribution in [1.29, 1.82) is 0 Å². The van der Waals surface area contributed by atoms with Gasteiger partial charge in [-0.1, -0.05) is 12.5 Å². The molecule has 1 saturated carbocycles. The molecule has 0 saturated heterocycles. The zero-order valence-corrected chi connectivity index (χ0v) is 19.1. The van der Waals surface area contributed by atoms with Gasteiger partial charge in [0.05, 0.1) is 17.7 Å². The van der Waals surface area contributed by atoms with Crippen molar-refractivity contribution in [1.82, 2.24) is 9.97 Å². The SMILES string of the molecule is COC(=O)C1(COc2ncc(-c3ccc(NC(=O)Oc4ccc([N+](=O)[O-])cc4)c(F)c3)cn2)CCC1. The van der Waals surface area contributed by atoms with Crippen LogP contribution in [0, 0.1) is 21.3 Å². The third-order valence-electron chi connectivity index (χ3n) is 5.83. The van der Waals surface area contributed by atoms with Gasteiger partial charge in [0, 0.05) is 30.1 Å². The Bertz CT molecular complexity index is 1280. The minimum Gasteiger partial charge on any atom is -0.468 e. The number of methoxy groups -OCH3 is 1. The lowest BCUT2D eigenvalue weighted by Crippen LogP contribution is -2.44. The number of hydrogen-bond acceptors (Lipinski definition) is 9. The van der Waals surface area contributed by atoms with Gasteiger partial charge in [0.1, 0.15) is 23.6 Å². The molecule has 1 amide bonds. The molecule has 1 aromatic heterocycles. The molecule has 11 nitrogen and oxygen atoms in total. The van der Waals surface area contributed by atoms with E-state index in [-0.39, 0.29) is 35.7 Å². The van der Waals surface area contributed by atoms with Crippen LogP contribution in [0.3, 0.4) is 0 Å². The third-order valence-corrected chi connectivity index (χ3v) is 5.83. The van der Waals surface area contributed by atoms with Crippen LogP contribution in [0.2, 0.25) is 0 Å². The molecule has 2 aromatic carbocycles. The molecule has 1 aliphatic carbocycles. The number of halogens is 1. The maximum absolute atomic E-state index is 14.6. The number of carbonyl (C=O) groups is 2. The summed E-state index contributed by atoms with van der Waals surface area (Å²) in [5.74, 6) is -0.978. The standard InChI is InChI=1S/C24H21FN4O7/c1-34-21(30)24(9-2-10-24)14-35-22-26-12-16(13-27-22)15-3-8-20(19(25)11-15)28-23(31)36-18-6-4-17(5-7-18)29(32)33/h3-8,11-13H,2,9-10,14H2,1H3,(H,28,31). The van der Waals surface area contributed by atoms with Crippen molar-refractivity contribution >= 4 is 23.4 Å². The van der Waals surface area contributed by atoms with E-state index in [0.717, 1.165) is 6.42 Å². The summed E-state index contributed by atoms with van der Waals surface area (Å²) in [5, 5.41) is 13.0. The maximum Gasteiger partial charge on any atom is 0.417 e. The fourth-order valence-electron chi connectivity index (χ4n) is 3.64. The first kappa shape index (κ1) is 24.5. The smallest absolute Gasteiger partial charge is 0.417 e. The van der Waals surface area contributed by atoms with E-state index < -0.39 is 22.2 Å². The normalized spacial score (nSPS) is 13.7. The first-order chi connectivity index (χ1) is 17.3. The lowest BCUT2D eigenvalue weighted by atomic mass is 9.69. The molecule has 0 bridgehead atoms. The predicted molar refractivity (Wildman–Crippen MR) is 124 cm³/mol. The van der Waals surface area contributed by atoms with Crippen LogP contribution in [-0.4, -0.2) is 40.7 Å². The van der Waals surface area contributed by atoms with Crippen molar-refractivity contribution in [2.75, 3.05) is 19.0 Å². The highest BCUT2D eigenvalue weighted by atomic mass is 19.1. The summed E-state index contributed by atoms with van der Waals surface area (Å²) < 4.78 is 30.1. The highest BCUT2D eigenvalue weighted by molar-refractivity contribution is 5.87. The Labute approximate surface area is 204 Å². The van der Waals surface area contributed by atoms with Crippen LogP contribution < -0.4 is 14.8 Å². The second-order valence-electron chi connectivity index (χ2n) is 8.13. The van der Waals surface area contributed by atoms with Crippen LogP contribution in [-0.2, 0) is 9.53 Å². The highest BCUT2D eigenvalue weighted by Gasteiger charge is 2.46. The number of non-ortho nitro benzene ring substituents is 1. The molecule has 36 heavy (non-hydrogen) atoms. The molecular formula is C24H21FN4O7. The minimum atomic E-state index is -0.962. The number of esters is 1. The fourth-order valence-corrected chi connectivity index (χ4v) is 3.64. The summed E-state index contributed by atoms with van der Waals surface area (Å²) in [4.78, 5) is 42.4. The van der Waals surface area contributed by atoms with E-state index >= 15 is 0 Å². The number of nitrogens with zero attached hydrogens (tertiary/aromatic N) is 3. The Balaban J connectivity index is 1.36. The van der Waals surface area contributed by atoms with Gasteiger partial charge in [-0.3, -0.25) is 20.2 Å². The van der Waals surface area contributed by atoms with Crippen molar-refractivity contribution < 1.29 is 33.1 Å². The van der Waals surface area contributed by atoms with Gasteiger partial charge in [0.25, 0.3) is 5.69 Å². The Kier molecular flexibility index (Phi) is 7.04. The van der Waals surface area contributed by atoms with Gasteiger partial charge < -0.3 is 14.2 Å². The van der Waals surface area contributed by atoms with Crippen molar-refractivity contribution in [2.24, 2.45) is 5.41 Å². The number of nitro benzene ring substituents is 1. The Morgan fingerprint density at radius 3 is 2.36 bits per heavy atom. The van der Waals surface area contributed by atoms with Gasteiger partial charge >= 0.3 is 18.1 Å². The third kappa shape index (κ3) is 5.37. The second-order valence-corrected chi connectivity index (χ2v) is 8.13. The zero-order valence-electron chi connectivity index (χ0n) is 19.1. The van der Waals surface area contributed by atoms with Crippen LogP contribution in [0.15, 0.2) is 54.9 Å². The van der Waals surface area contributed by atoms with E-state index in [4.69, 9.17) is 14.2 Å². The maximum atomic E-state index is 14.6. The van der Waals surface area contributed by atoms with Crippen LogP contribution >= 0.6 is 0 Å². The van der Waals surface area contributed by atoms with E-state index in [0.29, 0.717) is 24.0 Å². The molecule has 1 fully saturated rings. The molecule has 0 aliphatic heterocycles. The van der Waals surface area contributed by atoms with Gasteiger partial charge in [-0.15, -0.1) is 0 Å². The Morgan fingerprint density at radius 2 is 1.81 bits per heavy atom. The van der Waals surface area contributed by atoms with Crippen LogP contribution in [0.4, 0.5) is 20.6 Å². The number of ether oxygens (including phenoxy) is 3. The molecule has 3 aromatic rings.